The number of halogens is 1. The molecule has 1 aromatic carbocycles. The van der Waals surface area contributed by atoms with Crippen LogP contribution in [0.1, 0.15) is 12.5 Å². The third kappa shape index (κ3) is 5.03. The summed E-state index contributed by atoms with van der Waals surface area (Å²) in [6.07, 6.45) is 2.51. The number of benzene rings is 1. The number of carboxylic acid groups (broad SMARTS) is 1. The lowest BCUT2D eigenvalue weighted by Crippen LogP contribution is -2.00. The normalized spacial score (nSPS) is 11.1. The van der Waals surface area contributed by atoms with Crippen molar-refractivity contribution < 1.29 is 19.4 Å². The number of aliphatic carboxylic acids is 1. The molecule has 22 heavy (non-hydrogen) atoms. The molecule has 0 saturated carbocycles. The zero-order valence-electron chi connectivity index (χ0n) is 11.8. The molecular formula is C16H14INO4. The van der Waals surface area contributed by atoms with E-state index in [1.165, 1.54) is 6.20 Å². The molecule has 0 fully saturated rings. The van der Waals surface area contributed by atoms with Gasteiger partial charge in [-0.05, 0) is 35.1 Å². The molecule has 5 nitrogen and oxygen atoms in total. The van der Waals surface area contributed by atoms with Gasteiger partial charge in [0.15, 0.2) is 5.75 Å². The minimum atomic E-state index is -1.05. The van der Waals surface area contributed by atoms with E-state index < -0.39 is 5.97 Å². The lowest BCUT2D eigenvalue weighted by molar-refractivity contribution is -0.131. The lowest BCUT2D eigenvalue weighted by Gasteiger charge is -2.09. The molecule has 1 N–H and O–H groups in total. The fourth-order valence-electron chi connectivity index (χ4n) is 1.66. The maximum absolute atomic E-state index is 10.6. The third-order valence-corrected chi connectivity index (χ3v) is 3.46. The van der Waals surface area contributed by atoms with Crippen LogP contribution in [-0.4, -0.2) is 16.1 Å². The molecule has 6 heteroatoms. The molecule has 0 unspecified atom stereocenters. The highest BCUT2D eigenvalue weighted by Crippen LogP contribution is 2.25. The Balaban J connectivity index is 2.02. The van der Waals surface area contributed by atoms with Crippen molar-refractivity contribution in [1.29, 1.82) is 0 Å². The molecule has 2 rings (SSSR count). The third-order valence-electron chi connectivity index (χ3n) is 2.62. The summed E-state index contributed by atoms with van der Waals surface area (Å²) in [4.78, 5) is 14.7. The quantitative estimate of drug-likeness (QED) is 0.447. The number of allylic oxidation sites excluding steroid dienone is 1. The molecule has 0 atom stereocenters. The van der Waals surface area contributed by atoms with Gasteiger partial charge in [-0.3, -0.25) is 0 Å². The number of nitrogens with zero attached hydrogens (tertiary/aromatic N) is 1. The average Bonchev–Trinajstić information content (AvgIpc) is 2.48. The van der Waals surface area contributed by atoms with Gasteiger partial charge in [-0.25, -0.2) is 9.78 Å². The zero-order valence-corrected chi connectivity index (χ0v) is 14.0. The topological polar surface area (TPSA) is 68.7 Å². The largest absolute Gasteiger partial charge is 0.478 e. The number of aromatic nitrogens is 1. The second kappa shape index (κ2) is 7.79. The Morgan fingerprint density at radius 3 is 2.73 bits per heavy atom. The molecule has 0 saturated heterocycles. The van der Waals surface area contributed by atoms with Gasteiger partial charge in [0.2, 0.25) is 5.88 Å². The van der Waals surface area contributed by atoms with Crippen molar-refractivity contribution in [3.63, 3.8) is 0 Å². The maximum atomic E-state index is 10.6. The molecule has 0 amide bonds. The van der Waals surface area contributed by atoms with E-state index in [2.05, 4.69) is 27.6 Å². The van der Waals surface area contributed by atoms with Gasteiger partial charge in [0, 0.05) is 6.07 Å². The first-order valence-corrected chi connectivity index (χ1v) is 7.54. The molecule has 0 radical (unpaired) electrons. The summed E-state index contributed by atoms with van der Waals surface area (Å²) in [6.45, 7) is 2.01. The predicted octanol–water partition coefficient (Wildman–Crippen LogP) is 3.63. The molecule has 1 aromatic heterocycles. The maximum Gasteiger partial charge on any atom is 0.331 e. The number of carbonyl (C=O) groups is 1. The summed E-state index contributed by atoms with van der Waals surface area (Å²) in [5.74, 6) is 0.205. The molecule has 0 aliphatic rings. The van der Waals surface area contributed by atoms with Crippen LogP contribution in [-0.2, 0) is 11.4 Å². The Bertz CT molecular complexity index is 686. The second-order valence-corrected chi connectivity index (χ2v) is 5.58. The summed E-state index contributed by atoms with van der Waals surface area (Å²) in [5, 5.41) is 8.66. The average molecular weight is 411 g/mol. The summed E-state index contributed by atoms with van der Waals surface area (Å²) < 4.78 is 11.8. The van der Waals surface area contributed by atoms with Crippen molar-refractivity contribution in [2.75, 3.05) is 0 Å². The number of hydrogen-bond donors (Lipinski definition) is 1. The second-order valence-electron chi connectivity index (χ2n) is 4.42. The standard InChI is InChI=1S/C16H14INO4/c1-11(7-16(19)20)22-14-9-18-15(8-13(14)17)21-10-12-5-3-2-4-6-12/h2-9H,10H2,1H3,(H,19,20)/b11-7+. The van der Waals surface area contributed by atoms with E-state index in [0.717, 1.165) is 15.2 Å². The fraction of sp³-hybridized carbons (Fsp3) is 0.125. The Morgan fingerprint density at radius 1 is 1.36 bits per heavy atom. The van der Waals surface area contributed by atoms with E-state index >= 15 is 0 Å². The van der Waals surface area contributed by atoms with Gasteiger partial charge in [0.25, 0.3) is 0 Å². The van der Waals surface area contributed by atoms with Crippen molar-refractivity contribution in [2.24, 2.45) is 0 Å². The number of pyridine rings is 1. The van der Waals surface area contributed by atoms with Crippen molar-refractivity contribution in [3.8, 4) is 11.6 Å². The first-order chi connectivity index (χ1) is 10.5. The van der Waals surface area contributed by atoms with Crippen LogP contribution in [0.25, 0.3) is 0 Å². The van der Waals surface area contributed by atoms with Gasteiger partial charge < -0.3 is 14.6 Å². The molecule has 114 valence electrons. The Morgan fingerprint density at radius 2 is 2.09 bits per heavy atom. The highest BCUT2D eigenvalue weighted by atomic mass is 127. The Kier molecular flexibility index (Phi) is 5.76. The number of hydrogen-bond acceptors (Lipinski definition) is 4. The summed E-state index contributed by atoms with van der Waals surface area (Å²) in [7, 11) is 0. The van der Waals surface area contributed by atoms with Gasteiger partial charge in [0.1, 0.15) is 12.4 Å². The molecule has 2 aromatic rings. The van der Waals surface area contributed by atoms with E-state index in [4.69, 9.17) is 14.6 Å². The van der Waals surface area contributed by atoms with Crippen LogP contribution in [0, 0.1) is 3.57 Å². The smallest absolute Gasteiger partial charge is 0.331 e. The molecule has 0 aliphatic heterocycles. The van der Waals surface area contributed by atoms with Crippen LogP contribution >= 0.6 is 22.6 Å². The van der Waals surface area contributed by atoms with Crippen LogP contribution < -0.4 is 9.47 Å². The monoisotopic (exact) mass is 411 g/mol. The van der Waals surface area contributed by atoms with Gasteiger partial charge in [0.05, 0.1) is 15.8 Å². The van der Waals surface area contributed by atoms with Crippen LogP contribution in [0.4, 0.5) is 0 Å². The van der Waals surface area contributed by atoms with Crippen molar-refractivity contribution in [2.45, 2.75) is 13.5 Å². The van der Waals surface area contributed by atoms with Crippen molar-refractivity contribution >= 4 is 28.6 Å². The highest BCUT2D eigenvalue weighted by molar-refractivity contribution is 14.1. The first kappa shape index (κ1) is 16.3. The van der Waals surface area contributed by atoms with E-state index in [1.807, 2.05) is 30.3 Å². The summed E-state index contributed by atoms with van der Waals surface area (Å²) in [5.41, 5.74) is 1.06. The van der Waals surface area contributed by atoms with E-state index in [9.17, 15) is 4.79 Å². The first-order valence-electron chi connectivity index (χ1n) is 6.46. The van der Waals surface area contributed by atoms with Crippen LogP contribution in [0.2, 0.25) is 0 Å². The molecule has 0 bridgehead atoms. The minimum Gasteiger partial charge on any atom is -0.478 e. The Labute approximate surface area is 141 Å². The SMILES string of the molecule is C/C(=C\C(=O)O)Oc1cnc(OCc2ccccc2)cc1I. The van der Waals surface area contributed by atoms with Gasteiger partial charge in [-0.15, -0.1) is 0 Å². The van der Waals surface area contributed by atoms with Crippen molar-refractivity contribution in [1.82, 2.24) is 4.98 Å². The number of rotatable bonds is 6. The number of ether oxygens (including phenoxy) is 2. The zero-order chi connectivity index (χ0) is 15.9. The molecule has 0 aliphatic carbocycles. The lowest BCUT2D eigenvalue weighted by atomic mass is 10.2. The van der Waals surface area contributed by atoms with Gasteiger partial charge in [-0.2, -0.15) is 0 Å². The predicted molar refractivity (Wildman–Crippen MR) is 89.7 cm³/mol. The summed E-state index contributed by atoms with van der Waals surface area (Å²) in [6, 6.07) is 11.5. The minimum absolute atomic E-state index is 0.283. The van der Waals surface area contributed by atoms with Gasteiger partial charge in [-0.1, -0.05) is 30.3 Å². The fourth-order valence-corrected chi connectivity index (χ4v) is 2.18. The van der Waals surface area contributed by atoms with E-state index in [0.29, 0.717) is 18.2 Å². The van der Waals surface area contributed by atoms with E-state index in [1.54, 1.807) is 13.0 Å². The summed E-state index contributed by atoms with van der Waals surface area (Å²) >= 11 is 2.09. The van der Waals surface area contributed by atoms with Gasteiger partial charge >= 0.3 is 5.97 Å². The molecular weight excluding hydrogens is 397 g/mol. The highest BCUT2D eigenvalue weighted by Gasteiger charge is 2.07. The van der Waals surface area contributed by atoms with Crippen LogP contribution in [0.3, 0.4) is 0 Å². The van der Waals surface area contributed by atoms with Crippen LogP contribution in [0.15, 0.2) is 54.4 Å². The number of carboxylic acids is 1. The Hall–Kier alpha value is -2.09. The van der Waals surface area contributed by atoms with E-state index in [-0.39, 0.29) is 5.76 Å². The molecule has 1 heterocycles. The van der Waals surface area contributed by atoms with Crippen molar-refractivity contribution in [3.05, 3.63) is 63.6 Å². The molecule has 0 spiro atoms. The van der Waals surface area contributed by atoms with Crippen LogP contribution in [0.5, 0.6) is 11.6 Å².